The molecule has 0 aliphatic carbocycles. The molecule has 0 unspecified atom stereocenters. The maximum Gasteiger partial charge on any atom is 0.340 e. The molecule has 0 heterocycles. The van der Waals surface area contributed by atoms with E-state index in [1.807, 2.05) is 0 Å². The molecule has 0 bridgehead atoms. The first-order chi connectivity index (χ1) is 6.65. The van der Waals surface area contributed by atoms with Crippen LogP contribution in [0, 0.1) is 0 Å². The predicted octanol–water partition coefficient (Wildman–Crippen LogP) is 1.19. The number of nitrogens with two attached hydrogens (primary N) is 2. The fraction of sp³-hybridized carbons (Fsp3) is 0.100. The van der Waals surface area contributed by atoms with Crippen molar-refractivity contribution in [3.05, 3.63) is 36.4 Å². The molecule has 0 saturated heterocycles. The lowest BCUT2D eigenvalue weighted by Crippen LogP contribution is -2.08. The predicted molar refractivity (Wildman–Crippen MR) is 55.7 cm³/mol. The molecule has 1 aromatic rings. The highest BCUT2D eigenvalue weighted by molar-refractivity contribution is 5.96. The molecule has 0 aliphatic rings. The third kappa shape index (κ3) is 2.26. The quantitative estimate of drug-likeness (QED) is 0.428. The highest BCUT2D eigenvalue weighted by Crippen LogP contribution is 2.16. The summed E-state index contributed by atoms with van der Waals surface area (Å²) < 4.78 is 4.82. The van der Waals surface area contributed by atoms with E-state index in [0.717, 1.165) is 0 Å². The molecule has 0 spiro atoms. The fourth-order valence-corrected chi connectivity index (χ4v) is 0.963. The Balaban J connectivity index is 2.88. The van der Waals surface area contributed by atoms with Crippen LogP contribution in [0.4, 0.5) is 11.4 Å². The average Bonchev–Trinajstić information content (AvgIpc) is 2.18. The van der Waals surface area contributed by atoms with E-state index in [1.54, 1.807) is 12.1 Å². The van der Waals surface area contributed by atoms with Crippen LogP contribution >= 0.6 is 0 Å². The number of carbonyl (C=O) groups is 1. The molecule has 0 aliphatic heterocycles. The van der Waals surface area contributed by atoms with Gasteiger partial charge in [-0.2, -0.15) is 0 Å². The number of esters is 1. The maximum absolute atomic E-state index is 11.4. The number of nitrogen functional groups attached to an aromatic ring is 2. The SMILES string of the molecule is C=CCOC(=O)c1cc(N)ccc1N. The van der Waals surface area contributed by atoms with Gasteiger partial charge in [-0.25, -0.2) is 4.79 Å². The molecule has 0 amide bonds. The molecule has 14 heavy (non-hydrogen) atoms. The first kappa shape index (κ1) is 10.1. The van der Waals surface area contributed by atoms with E-state index < -0.39 is 5.97 Å². The van der Waals surface area contributed by atoms with Gasteiger partial charge < -0.3 is 16.2 Å². The minimum atomic E-state index is -0.491. The summed E-state index contributed by atoms with van der Waals surface area (Å²) in [6.45, 7) is 3.59. The number of ether oxygens (including phenoxy) is 1. The van der Waals surface area contributed by atoms with E-state index in [4.69, 9.17) is 16.2 Å². The molecule has 4 N–H and O–H groups in total. The van der Waals surface area contributed by atoms with E-state index in [-0.39, 0.29) is 12.2 Å². The Morgan fingerprint density at radius 2 is 2.21 bits per heavy atom. The van der Waals surface area contributed by atoms with Gasteiger partial charge in [0.1, 0.15) is 6.61 Å². The Morgan fingerprint density at radius 1 is 1.50 bits per heavy atom. The van der Waals surface area contributed by atoms with Crippen molar-refractivity contribution < 1.29 is 9.53 Å². The van der Waals surface area contributed by atoms with Gasteiger partial charge >= 0.3 is 5.97 Å². The van der Waals surface area contributed by atoms with Gasteiger partial charge in [-0.3, -0.25) is 0 Å². The standard InChI is InChI=1S/C10H12N2O2/c1-2-5-14-10(13)8-6-7(11)3-4-9(8)12/h2-4,6H,1,5,11-12H2. The van der Waals surface area contributed by atoms with Crippen LogP contribution in [0.1, 0.15) is 10.4 Å². The Hall–Kier alpha value is -1.97. The second kappa shape index (κ2) is 4.32. The van der Waals surface area contributed by atoms with Crippen LogP contribution in [0.3, 0.4) is 0 Å². The van der Waals surface area contributed by atoms with E-state index in [1.165, 1.54) is 12.1 Å². The molecule has 74 valence electrons. The number of anilines is 2. The number of rotatable bonds is 3. The first-order valence-electron chi connectivity index (χ1n) is 4.08. The molecule has 0 saturated carbocycles. The van der Waals surface area contributed by atoms with Crippen molar-refractivity contribution in [2.24, 2.45) is 0 Å². The zero-order chi connectivity index (χ0) is 10.6. The zero-order valence-corrected chi connectivity index (χ0v) is 7.69. The zero-order valence-electron chi connectivity index (χ0n) is 7.69. The lowest BCUT2D eigenvalue weighted by atomic mass is 10.1. The Morgan fingerprint density at radius 3 is 2.86 bits per heavy atom. The van der Waals surface area contributed by atoms with Gasteiger partial charge in [0.15, 0.2) is 0 Å². The third-order valence-corrected chi connectivity index (χ3v) is 1.63. The van der Waals surface area contributed by atoms with Crippen molar-refractivity contribution in [1.82, 2.24) is 0 Å². The van der Waals surface area contributed by atoms with Crippen LogP contribution in [-0.4, -0.2) is 12.6 Å². The van der Waals surface area contributed by atoms with Gasteiger partial charge in [0.05, 0.1) is 5.56 Å². The van der Waals surface area contributed by atoms with Crippen molar-refractivity contribution in [1.29, 1.82) is 0 Å². The smallest absolute Gasteiger partial charge is 0.340 e. The van der Waals surface area contributed by atoms with Crippen LogP contribution in [0.15, 0.2) is 30.9 Å². The average molecular weight is 192 g/mol. The van der Waals surface area contributed by atoms with Crippen LogP contribution in [0.25, 0.3) is 0 Å². The molecule has 1 aromatic carbocycles. The molecule has 1 rings (SSSR count). The van der Waals surface area contributed by atoms with Crippen molar-refractivity contribution in [3.8, 4) is 0 Å². The van der Waals surface area contributed by atoms with Crippen LogP contribution in [0.2, 0.25) is 0 Å². The van der Waals surface area contributed by atoms with E-state index >= 15 is 0 Å². The summed E-state index contributed by atoms with van der Waals surface area (Å²) in [6.07, 6.45) is 1.49. The van der Waals surface area contributed by atoms with Crippen molar-refractivity contribution in [2.45, 2.75) is 0 Å². The van der Waals surface area contributed by atoms with Gasteiger partial charge in [-0.1, -0.05) is 12.7 Å². The summed E-state index contributed by atoms with van der Waals surface area (Å²) in [5.41, 5.74) is 12.2. The molecule has 0 atom stereocenters. The molecular formula is C10H12N2O2. The minimum Gasteiger partial charge on any atom is -0.458 e. The summed E-state index contributed by atoms with van der Waals surface area (Å²) in [6, 6.07) is 4.68. The minimum absolute atomic E-state index is 0.160. The fourth-order valence-electron chi connectivity index (χ4n) is 0.963. The summed E-state index contributed by atoms with van der Waals surface area (Å²) in [7, 11) is 0. The van der Waals surface area contributed by atoms with Crippen molar-refractivity contribution in [2.75, 3.05) is 18.1 Å². The van der Waals surface area contributed by atoms with Crippen LogP contribution < -0.4 is 11.5 Å². The summed E-state index contributed by atoms with van der Waals surface area (Å²) in [5, 5.41) is 0. The Bertz CT molecular complexity index is 361. The third-order valence-electron chi connectivity index (χ3n) is 1.63. The molecule has 0 fully saturated rings. The van der Waals surface area contributed by atoms with Gasteiger partial charge in [0.2, 0.25) is 0 Å². The molecular weight excluding hydrogens is 180 g/mol. The molecule has 0 radical (unpaired) electrons. The van der Waals surface area contributed by atoms with Crippen LogP contribution in [-0.2, 0) is 4.74 Å². The van der Waals surface area contributed by atoms with Gasteiger partial charge in [-0.15, -0.1) is 0 Å². The number of hydrogen-bond acceptors (Lipinski definition) is 4. The molecule has 4 heteroatoms. The van der Waals surface area contributed by atoms with Crippen LogP contribution in [0.5, 0.6) is 0 Å². The number of benzene rings is 1. The normalized spacial score (nSPS) is 9.43. The van der Waals surface area contributed by atoms with Gasteiger partial charge in [0, 0.05) is 11.4 Å². The highest BCUT2D eigenvalue weighted by atomic mass is 16.5. The van der Waals surface area contributed by atoms with Crippen molar-refractivity contribution >= 4 is 17.3 Å². The van der Waals surface area contributed by atoms with Gasteiger partial charge in [-0.05, 0) is 18.2 Å². The Labute approximate surface area is 82.2 Å². The van der Waals surface area contributed by atoms with Gasteiger partial charge in [0.25, 0.3) is 0 Å². The second-order valence-corrected chi connectivity index (χ2v) is 2.73. The van der Waals surface area contributed by atoms with E-state index in [2.05, 4.69) is 6.58 Å². The first-order valence-corrected chi connectivity index (χ1v) is 4.08. The lowest BCUT2D eigenvalue weighted by molar-refractivity contribution is 0.0551. The van der Waals surface area contributed by atoms with E-state index in [9.17, 15) is 4.79 Å². The molecule has 0 aromatic heterocycles. The number of carbonyl (C=O) groups excluding carboxylic acids is 1. The summed E-state index contributed by atoms with van der Waals surface area (Å²) in [4.78, 5) is 11.4. The largest absolute Gasteiger partial charge is 0.458 e. The highest BCUT2D eigenvalue weighted by Gasteiger charge is 2.10. The van der Waals surface area contributed by atoms with E-state index in [0.29, 0.717) is 11.4 Å². The topological polar surface area (TPSA) is 78.3 Å². The maximum atomic E-state index is 11.4. The summed E-state index contributed by atoms with van der Waals surface area (Å²) >= 11 is 0. The summed E-state index contributed by atoms with van der Waals surface area (Å²) in [5.74, 6) is -0.491. The number of hydrogen-bond donors (Lipinski definition) is 2. The molecule has 4 nitrogen and oxygen atoms in total. The monoisotopic (exact) mass is 192 g/mol. The van der Waals surface area contributed by atoms with Crippen molar-refractivity contribution in [3.63, 3.8) is 0 Å². The lowest BCUT2D eigenvalue weighted by Gasteiger charge is -2.05. The second-order valence-electron chi connectivity index (χ2n) is 2.73. The Kier molecular flexibility index (Phi) is 3.12.